The van der Waals surface area contributed by atoms with E-state index in [1.807, 2.05) is 30.3 Å². The molecule has 0 aromatic heterocycles. The summed E-state index contributed by atoms with van der Waals surface area (Å²) >= 11 is 0. The number of carbonyl (C=O) groups excluding carboxylic acids is 3. The minimum atomic E-state index is -0.796. The molecule has 1 aromatic rings. The van der Waals surface area contributed by atoms with Crippen LogP contribution in [-0.2, 0) is 20.9 Å². The number of benzene rings is 1. The van der Waals surface area contributed by atoms with Gasteiger partial charge in [-0.2, -0.15) is 0 Å². The van der Waals surface area contributed by atoms with Crippen molar-refractivity contribution in [2.75, 3.05) is 0 Å². The molecule has 2 rings (SSSR count). The zero-order valence-corrected chi connectivity index (χ0v) is 15.9. The lowest BCUT2D eigenvalue weighted by atomic mass is 10.1. The maximum atomic E-state index is 12.3. The zero-order chi connectivity index (χ0) is 19.9. The Labute approximate surface area is 159 Å². The van der Waals surface area contributed by atoms with Gasteiger partial charge in [0.2, 0.25) is 0 Å². The highest BCUT2D eigenvalue weighted by Gasteiger charge is 2.31. The molecule has 0 radical (unpaired) electrons. The van der Waals surface area contributed by atoms with Gasteiger partial charge >= 0.3 is 12.2 Å². The third kappa shape index (κ3) is 8.44. The SMILES string of the molecule is CC(C)(C)OC(=O)NNC(=O)C(CC1CC1)NC(=O)OCc1ccccc1. The number of alkyl carbamates (subject to hydrolysis) is 1. The van der Waals surface area contributed by atoms with Gasteiger partial charge in [0.25, 0.3) is 5.91 Å². The molecule has 1 aromatic carbocycles. The molecular formula is C19H27N3O5. The minimum absolute atomic E-state index is 0.112. The molecule has 1 aliphatic carbocycles. The number of rotatable bonds is 6. The monoisotopic (exact) mass is 377 g/mol. The first-order valence-electron chi connectivity index (χ1n) is 8.99. The molecule has 1 unspecified atom stereocenters. The molecule has 3 N–H and O–H groups in total. The molecule has 27 heavy (non-hydrogen) atoms. The van der Waals surface area contributed by atoms with Gasteiger partial charge < -0.3 is 14.8 Å². The van der Waals surface area contributed by atoms with Gasteiger partial charge in [-0.3, -0.25) is 10.2 Å². The Balaban J connectivity index is 1.81. The van der Waals surface area contributed by atoms with E-state index in [2.05, 4.69) is 16.2 Å². The predicted octanol–water partition coefficient (Wildman–Crippen LogP) is 2.64. The first-order chi connectivity index (χ1) is 12.7. The molecule has 0 saturated heterocycles. The van der Waals surface area contributed by atoms with Crippen LogP contribution in [0, 0.1) is 5.92 Å². The summed E-state index contributed by atoms with van der Waals surface area (Å²) < 4.78 is 10.2. The summed E-state index contributed by atoms with van der Waals surface area (Å²) in [5, 5.41) is 2.57. The Bertz CT molecular complexity index is 653. The van der Waals surface area contributed by atoms with E-state index in [1.54, 1.807) is 20.8 Å². The maximum absolute atomic E-state index is 12.3. The Kier molecular flexibility index (Phi) is 7.04. The number of carbonyl (C=O) groups is 3. The molecule has 1 aliphatic rings. The third-order valence-corrected chi connectivity index (χ3v) is 3.77. The van der Waals surface area contributed by atoms with Gasteiger partial charge in [0.15, 0.2) is 0 Å². The third-order valence-electron chi connectivity index (χ3n) is 3.77. The summed E-state index contributed by atoms with van der Waals surface area (Å²) in [4.78, 5) is 36.0. The van der Waals surface area contributed by atoms with Crippen molar-refractivity contribution >= 4 is 18.1 Å². The van der Waals surface area contributed by atoms with Crippen LogP contribution in [0.1, 0.15) is 45.6 Å². The van der Waals surface area contributed by atoms with Gasteiger partial charge in [0, 0.05) is 0 Å². The Hall–Kier alpha value is -2.77. The van der Waals surface area contributed by atoms with E-state index >= 15 is 0 Å². The van der Waals surface area contributed by atoms with Gasteiger partial charge in [0.05, 0.1) is 0 Å². The molecule has 8 heteroatoms. The lowest BCUT2D eigenvalue weighted by Gasteiger charge is -2.21. The molecule has 3 amide bonds. The highest BCUT2D eigenvalue weighted by atomic mass is 16.6. The van der Waals surface area contributed by atoms with Gasteiger partial charge in [0.1, 0.15) is 18.2 Å². The Morgan fingerprint density at radius 2 is 1.74 bits per heavy atom. The second-order valence-corrected chi connectivity index (χ2v) is 7.55. The zero-order valence-electron chi connectivity index (χ0n) is 15.9. The second-order valence-electron chi connectivity index (χ2n) is 7.55. The summed E-state index contributed by atoms with van der Waals surface area (Å²) in [6.45, 7) is 5.26. The van der Waals surface area contributed by atoms with Crippen molar-refractivity contribution in [2.24, 2.45) is 5.92 Å². The van der Waals surface area contributed by atoms with Crippen LogP contribution in [0.5, 0.6) is 0 Å². The van der Waals surface area contributed by atoms with Gasteiger partial charge in [-0.25, -0.2) is 15.0 Å². The van der Waals surface area contributed by atoms with Crippen molar-refractivity contribution in [1.82, 2.24) is 16.2 Å². The average Bonchev–Trinajstić information content (AvgIpc) is 3.41. The fourth-order valence-corrected chi connectivity index (χ4v) is 2.33. The first kappa shape index (κ1) is 20.5. The van der Waals surface area contributed by atoms with Crippen LogP contribution in [0.2, 0.25) is 0 Å². The molecule has 1 atom stereocenters. The van der Waals surface area contributed by atoms with Crippen LogP contribution in [0.3, 0.4) is 0 Å². The molecule has 0 bridgehead atoms. The summed E-state index contributed by atoms with van der Waals surface area (Å²) in [6, 6.07) is 8.46. The number of nitrogens with one attached hydrogen (secondary N) is 3. The summed E-state index contributed by atoms with van der Waals surface area (Å²) in [5.74, 6) is -0.138. The van der Waals surface area contributed by atoms with Crippen LogP contribution in [0.4, 0.5) is 9.59 Å². The van der Waals surface area contributed by atoms with E-state index in [0.717, 1.165) is 18.4 Å². The topological polar surface area (TPSA) is 106 Å². The Morgan fingerprint density at radius 3 is 2.33 bits per heavy atom. The van der Waals surface area contributed by atoms with Crippen molar-refractivity contribution in [3.8, 4) is 0 Å². The smallest absolute Gasteiger partial charge is 0.426 e. The van der Waals surface area contributed by atoms with Crippen molar-refractivity contribution < 1.29 is 23.9 Å². The van der Waals surface area contributed by atoms with Gasteiger partial charge in [-0.05, 0) is 38.7 Å². The number of amides is 3. The maximum Gasteiger partial charge on any atom is 0.426 e. The normalized spacial score (nSPS) is 14.6. The summed E-state index contributed by atoms with van der Waals surface area (Å²) in [5.41, 5.74) is 4.65. The molecular weight excluding hydrogens is 350 g/mol. The quantitative estimate of drug-likeness (QED) is 0.661. The highest BCUT2D eigenvalue weighted by molar-refractivity contribution is 5.86. The lowest BCUT2D eigenvalue weighted by molar-refractivity contribution is -0.124. The van der Waals surface area contributed by atoms with E-state index in [4.69, 9.17) is 9.47 Å². The van der Waals surface area contributed by atoms with Crippen LogP contribution >= 0.6 is 0 Å². The molecule has 0 spiro atoms. The predicted molar refractivity (Wildman–Crippen MR) is 98.4 cm³/mol. The molecule has 148 valence electrons. The minimum Gasteiger partial charge on any atom is -0.445 e. The van der Waals surface area contributed by atoms with Crippen LogP contribution < -0.4 is 16.2 Å². The lowest BCUT2D eigenvalue weighted by Crippen LogP contribution is -2.53. The van der Waals surface area contributed by atoms with E-state index in [-0.39, 0.29) is 6.61 Å². The molecule has 0 aliphatic heterocycles. The van der Waals surface area contributed by atoms with E-state index < -0.39 is 29.7 Å². The number of hydrogen-bond acceptors (Lipinski definition) is 5. The molecule has 0 heterocycles. The largest absolute Gasteiger partial charge is 0.445 e. The van der Waals surface area contributed by atoms with Crippen molar-refractivity contribution in [3.05, 3.63) is 35.9 Å². The molecule has 1 fully saturated rings. The van der Waals surface area contributed by atoms with Crippen molar-refractivity contribution in [3.63, 3.8) is 0 Å². The number of hydrogen-bond donors (Lipinski definition) is 3. The second kappa shape index (κ2) is 9.25. The summed E-state index contributed by atoms with van der Waals surface area (Å²) in [6.07, 6.45) is 1.07. The van der Waals surface area contributed by atoms with Crippen LogP contribution in [-0.4, -0.2) is 29.7 Å². The average molecular weight is 377 g/mol. The Morgan fingerprint density at radius 1 is 1.07 bits per heavy atom. The van der Waals surface area contributed by atoms with Crippen LogP contribution in [0.15, 0.2) is 30.3 Å². The van der Waals surface area contributed by atoms with E-state index in [1.165, 1.54) is 0 Å². The number of hydrazine groups is 1. The number of ether oxygens (including phenoxy) is 2. The van der Waals surface area contributed by atoms with E-state index in [9.17, 15) is 14.4 Å². The highest BCUT2D eigenvalue weighted by Crippen LogP contribution is 2.33. The first-order valence-corrected chi connectivity index (χ1v) is 8.99. The van der Waals surface area contributed by atoms with Crippen LogP contribution in [0.25, 0.3) is 0 Å². The van der Waals surface area contributed by atoms with Crippen molar-refractivity contribution in [2.45, 2.75) is 58.3 Å². The van der Waals surface area contributed by atoms with E-state index in [0.29, 0.717) is 12.3 Å². The molecule has 1 saturated carbocycles. The fourth-order valence-electron chi connectivity index (χ4n) is 2.33. The van der Waals surface area contributed by atoms with Crippen molar-refractivity contribution in [1.29, 1.82) is 0 Å². The fraction of sp³-hybridized carbons (Fsp3) is 0.526. The van der Waals surface area contributed by atoms with Gasteiger partial charge in [-0.15, -0.1) is 0 Å². The summed E-state index contributed by atoms with van der Waals surface area (Å²) in [7, 11) is 0. The molecule has 8 nitrogen and oxygen atoms in total. The standard InChI is InChI=1S/C19H27N3O5/c1-19(2,3)27-18(25)22-21-16(23)15(11-13-9-10-13)20-17(24)26-12-14-7-5-4-6-8-14/h4-8,13,15H,9-12H2,1-3H3,(H,20,24)(H,21,23)(H,22,25). The van der Waals surface area contributed by atoms with Gasteiger partial charge in [-0.1, -0.05) is 43.2 Å².